The van der Waals surface area contributed by atoms with Gasteiger partial charge in [0.25, 0.3) is 0 Å². The minimum absolute atomic E-state index is 0. The molecule has 2 heterocycles. The first-order valence-electron chi connectivity index (χ1n) is 9.00. The average Bonchev–Trinajstić information content (AvgIpc) is 3.12. The summed E-state index contributed by atoms with van der Waals surface area (Å²) in [6.45, 7) is 5.60. The van der Waals surface area contributed by atoms with Gasteiger partial charge in [-0.15, -0.1) is 35.3 Å². The van der Waals surface area contributed by atoms with Gasteiger partial charge >= 0.3 is 0 Å². The fourth-order valence-corrected chi connectivity index (χ4v) is 4.25. The Morgan fingerprint density at radius 1 is 1.32 bits per heavy atom. The second kappa shape index (κ2) is 14.1. The summed E-state index contributed by atoms with van der Waals surface area (Å²) in [6.07, 6.45) is 7.21. The van der Waals surface area contributed by atoms with Crippen LogP contribution in [0, 0.1) is 5.92 Å². The molecule has 4 nitrogen and oxygen atoms in total. The fourth-order valence-electron chi connectivity index (χ4n) is 3.01. The van der Waals surface area contributed by atoms with Gasteiger partial charge in [-0.25, -0.2) is 0 Å². The van der Waals surface area contributed by atoms with Crippen LogP contribution in [0.5, 0.6) is 0 Å². The van der Waals surface area contributed by atoms with E-state index in [1.54, 1.807) is 0 Å². The van der Waals surface area contributed by atoms with Gasteiger partial charge in [0.1, 0.15) is 0 Å². The number of thioether (sulfide) groups is 1. The molecule has 1 aromatic heterocycles. The lowest BCUT2D eigenvalue weighted by Crippen LogP contribution is -2.42. The van der Waals surface area contributed by atoms with Gasteiger partial charge in [0.05, 0.1) is 0 Å². The van der Waals surface area contributed by atoms with E-state index in [0.29, 0.717) is 0 Å². The van der Waals surface area contributed by atoms with Crippen LogP contribution in [-0.2, 0) is 6.54 Å². The number of hydrogen-bond donors (Lipinski definition) is 2. The molecule has 144 valence electrons. The zero-order valence-electron chi connectivity index (χ0n) is 15.5. The molecule has 0 amide bonds. The van der Waals surface area contributed by atoms with E-state index >= 15 is 0 Å². The molecule has 1 aliphatic heterocycles. The van der Waals surface area contributed by atoms with E-state index in [9.17, 15) is 0 Å². The van der Waals surface area contributed by atoms with Crippen molar-refractivity contribution in [2.24, 2.45) is 10.9 Å². The molecule has 1 fully saturated rings. The molecule has 0 saturated carbocycles. The lowest BCUT2D eigenvalue weighted by molar-refractivity contribution is 0.179. The molecular formula is C18H33IN4S2. The molecule has 0 aliphatic carbocycles. The fraction of sp³-hybridized carbons (Fsp3) is 0.722. The van der Waals surface area contributed by atoms with Crippen molar-refractivity contribution in [3.05, 3.63) is 22.4 Å². The highest BCUT2D eigenvalue weighted by molar-refractivity contribution is 14.0. The first kappa shape index (κ1) is 23.0. The van der Waals surface area contributed by atoms with Gasteiger partial charge < -0.3 is 10.6 Å². The van der Waals surface area contributed by atoms with Crippen LogP contribution in [0.15, 0.2) is 22.5 Å². The van der Waals surface area contributed by atoms with E-state index in [1.165, 1.54) is 49.4 Å². The summed E-state index contributed by atoms with van der Waals surface area (Å²) < 4.78 is 0. The summed E-state index contributed by atoms with van der Waals surface area (Å²) in [5.41, 5.74) is 0. The van der Waals surface area contributed by atoms with Crippen LogP contribution in [0.4, 0.5) is 0 Å². The Labute approximate surface area is 178 Å². The lowest BCUT2D eigenvalue weighted by atomic mass is 9.97. The number of piperidine rings is 1. The molecule has 0 unspecified atom stereocenters. The molecule has 0 radical (unpaired) electrons. The molecule has 1 aliphatic rings. The van der Waals surface area contributed by atoms with E-state index in [-0.39, 0.29) is 24.0 Å². The second-order valence-corrected chi connectivity index (χ2v) is 8.40. The standard InChI is InChI=1S/C18H32N4S2.HI/c1-19-18(20-9-3-4-12-23-2)21-14-16-7-10-22(11-8-16)15-17-6-5-13-24-17;/h5-6,13,16H,3-4,7-12,14-15H2,1-2H3,(H2,19,20,21);1H. The van der Waals surface area contributed by atoms with Crippen LogP contribution in [0.25, 0.3) is 0 Å². The molecule has 0 atom stereocenters. The van der Waals surface area contributed by atoms with Gasteiger partial charge in [0, 0.05) is 31.6 Å². The van der Waals surface area contributed by atoms with Crippen LogP contribution in [-0.4, -0.2) is 56.1 Å². The van der Waals surface area contributed by atoms with E-state index in [0.717, 1.165) is 31.5 Å². The van der Waals surface area contributed by atoms with Crippen molar-refractivity contribution in [1.82, 2.24) is 15.5 Å². The summed E-state index contributed by atoms with van der Waals surface area (Å²) in [5.74, 6) is 2.97. The van der Waals surface area contributed by atoms with Gasteiger partial charge in [-0.1, -0.05) is 6.07 Å². The van der Waals surface area contributed by atoms with E-state index in [4.69, 9.17) is 0 Å². The molecule has 0 spiro atoms. The number of halogens is 1. The highest BCUT2D eigenvalue weighted by atomic mass is 127. The molecule has 2 rings (SSSR count). The second-order valence-electron chi connectivity index (χ2n) is 6.38. The van der Waals surface area contributed by atoms with Crippen LogP contribution >= 0.6 is 47.1 Å². The average molecular weight is 497 g/mol. The molecule has 0 aromatic carbocycles. The minimum Gasteiger partial charge on any atom is -0.356 e. The number of guanidine groups is 1. The number of rotatable bonds is 9. The third kappa shape index (κ3) is 9.49. The van der Waals surface area contributed by atoms with Crippen LogP contribution in [0.2, 0.25) is 0 Å². The van der Waals surface area contributed by atoms with E-state index < -0.39 is 0 Å². The number of hydrogen-bond acceptors (Lipinski definition) is 4. The molecule has 1 aromatic rings. The number of thiophene rings is 1. The Morgan fingerprint density at radius 3 is 2.76 bits per heavy atom. The zero-order valence-corrected chi connectivity index (χ0v) is 19.5. The van der Waals surface area contributed by atoms with Gasteiger partial charge in [0.2, 0.25) is 0 Å². The topological polar surface area (TPSA) is 39.7 Å². The molecule has 7 heteroatoms. The number of nitrogens with one attached hydrogen (secondary N) is 2. The Kier molecular flexibility index (Phi) is 13.0. The summed E-state index contributed by atoms with van der Waals surface area (Å²) >= 11 is 3.79. The monoisotopic (exact) mass is 496 g/mol. The zero-order chi connectivity index (χ0) is 17.0. The number of aliphatic imine (C=N–C) groups is 1. The SMILES string of the molecule is CN=C(NCCCCSC)NCC1CCN(Cc2cccs2)CC1.I. The van der Waals surface area contributed by atoms with Gasteiger partial charge in [-0.2, -0.15) is 11.8 Å². The van der Waals surface area contributed by atoms with Gasteiger partial charge in [-0.05, 0) is 68.1 Å². The number of nitrogens with zero attached hydrogens (tertiary/aromatic N) is 2. The largest absolute Gasteiger partial charge is 0.356 e. The highest BCUT2D eigenvalue weighted by Crippen LogP contribution is 2.20. The summed E-state index contributed by atoms with van der Waals surface area (Å²) in [7, 11) is 1.86. The van der Waals surface area contributed by atoms with Crippen molar-refractivity contribution in [2.45, 2.75) is 32.2 Å². The predicted molar refractivity (Wildman–Crippen MR) is 125 cm³/mol. The van der Waals surface area contributed by atoms with Crippen LogP contribution in [0.1, 0.15) is 30.6 Å². The van der Waals surface area contributed by atoms with Crippen molar-refractivity contribution in [3.8, 4) is 0 Å². The van der Waals surface area contributed by atoms with E-state index in [2.05, 4.69) is 44.3 Å². The maximum absolute atomic E-state index is 4.34. The Hall–Kier alpha value is 0.01000. The third-order valence-electron chi connectivity index (χ3n) is 4.52. The molecular weight excluding hydrogens is 463 g/mol. The van der Waals surface area contributed by atoms with Crippen molar-refractivity contribution >= 4 is 53.0 Å². The highest BCUT2D eigenvalue weighted by Gasteiger charge is 2.19. The number of likely N-dealkylation sites (tertiary alicyclic amines) is 1. The molecule has 0 bridgehead atoms. The minimum atomic E-state index is 0. The van der Waals surface area contributed by atoms with Gasteiger partial charge in [0.15, 0.2) is 5.96 Å². The summed E-state index contributed by atoms with van der Waals surface area (Å²) in [6, 6.07) is 4.39. The smallest absolute Gasteiger partial charge is 0.190 e. The van der Waals surface area contributed by atoms with Crippen molar-refractivity contribution in [1.29, 1.82) is 0 Å². The van der Waals surface area contributed by atoms with Crippen LogP contribution < -0.4 is 10.6 Å². The van der Waals surface area contributed by atoms with Crippen LogP contribution in [0.3, 0.4) is 0 Å². The molecule has 25 heavy (non-hydrogen) atoms. The maximum atomic E-state index is 4.34. The van der Waals surface area contributed by atoms with Crippen molar-refractivity contribution < 1.29 is 0 Å². The Morgan fingerprint density at radius 2 is 2.12 bits per heavy atom. The number of unbranched alkanes of at least 4 members (excludes halogenated alkanes) is 1. The summed E-state index contributed by atoms with van der Waals surface area (Å²) in [5, 5.41) is 9.11. The van der Waals surface area contributed by atoms with E-state index in [1.807, 2.05) is 30.1 Å². The summed E-state index contributed by atoms with van der Waals surface area (Å²) in [4.78, 5) is 8.40. The molecule has 1 saturated heterocycles. The first-order chi connectivity index (χ1) is 11.8. The quantitative estimate of drug-likeness (QED) is 0.236. The first-order valence-corrected chi connectivity index (χ1v) is 11.3. The Bertz CT molecular complexity index is 460. The predicted octanol–water partition coefficient (Wildman–Crippen LogP) is 3.89. The third-order valence-corrected chi connectivity index (χ3v) is 6.07. The lowest BCUT2D eigenvalue weighted by Gasteiger charge is -2.32. The van der Waals surface area contributed by atoms with Crippen molar-refractivity contribution in [3.63, 3.8) is 0 Å². The normalized spacial score (nSPS) is 16.5. The van der Waals surface area contributed by atoms with Crippen molar-refractivity contribution in [2.75, 3.05) is 45.2 Å². The maximum Gasteiger partial charge on any atom is 0.190 e. The van der Waals surface area contributed by atoms with Gasteiger partial charge in [-0.3, -0.25) is 9.89 Å². The molecule has 2 N–H and O–H groups in total. The Balaban J connectivity index is 0.00000312.